The summed E-state index contributed by atoms with van der Waals surface area (Å²) in [6.07, 6.45) is 4.79. The van der Waals surface area contributed by atoms with Crippen molar-refractivity contribution < 1.29 is 9.21 Å². The molecule has 1 amide bonds. The van der Waals surface area contributed by atoms with E-state index in [2.05, 4.69) is 22.5 Å². The second-order valence-corrected chi connectivity index (χ2v) is 5.46. The van der Waals surface area contributed by atoms with Gasteiger partial charge in [-0.25, -0.2) is 4.98 Å². The first-order valence-electron chi connectivity index (χ1n) is 7.25. The molecule has 1 aliphatic heterocycles. The molecule has 0 saturated carbocycles. The minimum Gasteiger partial charge on any atom is -0.444 e. The summed E-state index contributed by atoms with van der Waals surface area (Å²) in [6, 6.07) is 7.63. The van der Waals surface area contributed by atoms with Crippen LogP contribution in [0.1, 0.15) is 19.8 Å². The molecule has 1 atom stereocenters. The van der Waals surface area contributed by atoms with Crippen LogP contribution in [0.4, 0.5) is 5.69 Å². The lowest BCUT2D eigenvalue weighted by molar-refractivity contribution is -0.124. The van der Waals surface area contributed by atoms with Gasteiger partial charge >= 0.3 is 0 Å². The highest BCUT2D eigenvalue weighted by molar-refractivity contribution is 5.96. The molecule has 0 radical (unpaired) electrons. The normalized spacial score (nSPS) is 21.4. The number of hydrogen-bond acceptors (Lipinski definition) is 4. The lowest BCUT2D eigenvalue weighted by Crippen LogP contribution is -2.37. The van der Waals surface area contributed by atoms with Crippen LogP contribution in [-0.4, -0.2) is 24.0 Å². The van der Waals surface area contributed by atoms with Gasteiger partial charge in [-0.2, -0.15) is 0 Å². The van der Waals surface area contributed by atoms with Crippen LogP contribution in [0.5, 0.6) is 0 Å². The van der Waals surface area contributed by atoms with Gasteiger partial charge in [-0.1, -0.05) is 19.1 Å². The molecule has 5 heteroatoms. The molecule has 2 aromatic rings. The van der Waals surface area contributed by atoms with Gasteiger partial charge in [0.1, 0.15) is 0 Å². The van der Waals surface area contributed by atoms with Gasteiger partial charge < -0.3 is 15.1 Å². The summed E-state index contributed by atoms with van der Waals surface area (Å²) in [4.78, 5) is 16.5. The number of aromatic nitrogens is 1. The molecular weight excluding hydrogens is 266 g/mol. The number of benzene rings is 1. The van der Waals surface area contributed by atoms with E-state index in [1.54, 1.807) is 6.20 Å². The topological polar surface area (TPSA) is 67.2 Å². The molecule has 5 nitrogen and oxygen atoms in total. The van der Waals surface area contributed by atoms with Crippen molar-refractivity contribution in [2.75, 3.05) is 18.4 Å². The summed E-state index contributed by atoms with van der Waals surface area (Å²) >= 11 is 0. The first kappa shape index (κ1) is 13.8. The third-order valence-corrected chi connectivity index (χ3v) is 4.24. The van der Waals surface area contributed by atoms with Gasteiger partial charge in [0.05, 0.1) is 11.6 Å². The molecule has 1 fully saturated rings. The molecule has 110 valence electrons. The van der Waals surface area contributed by atoms with Gasteiger partial charge in [0.2, 0.25) is 5.91 Å². The number of nitrogens with one attached hydrogen (secondary N) is 2. The number of nitrogens with zero attached hydrogens (tertiary/aromatic N) is 1. The summed E-state index contributed by atoms with van der Waals surface area (Å²) in [6.45, 7) is 3.72. The molecule has 1 aliphatic rings. The van der Waals surface area contributed by atoms with Crippen LogP contribution in [-0.2, 0) is 4.79 Å². The first-order valence-corrected chi connectivity index (χ1v) is 7.25. The number of oxazole rings is 1. The van der Waals surface area contributed by atoms with Gasteiger partial charge in [0, 0.05) is 17.8 Å². The van der Waals surface area contributed by atoms with Gasteiger partial charge in [-0.3, -0.25) is 4.79 Å². The van der Waals surface area contributed by atoms with E-state index < -0.39 is 0 Å². The average molecular weight is 285 g/mol. The number of anilines is 1. The Balaban J connectivity index is 1.79. The Morgan fingerprint density at radius 2 is 2.43 bits per heavy atom. The van der Waals surface area contributed by atoms with Crippen molar-refractivity contribution in [1.29, 1.82) is 0 Å². The predicted molar refractivity (Wildman–Crippen MR) is 80.8 cm³/mol. The molecule has 1 aromatic heterocycles. The molecule has 1 unspecified atom stereocenters. The zero-order valence-corrected chi connectivity index (χ0v) is 12.1. The quantitative estimate of drug-likeness (QED) is 0.906. The first-order chi connectivity index (χ1) is 10.2. The van der Waals surface area contributed by atoms with Crippen molar-refractivity contribution in [2.24, 2.45) is 5.41 Å². The van der Waals surface area contributed by atoms with E-state index in [-0.39, 0.29) is 11.3 Å². The standard InChI is InChI=1S/C16H19N3O2/c1-2-16(6-7-17-10-16)15(20)19-13-5-3-4-12(8-13)14-9-18-11-21-14/h3-5,8-9,11,17H,2,6-7,10H2,1H3,(H,19,20). The second-order valence-electron chi connectivity index (χ2n) is 5.46. The summed E-state index contributed by atoms with van der Waals surface area (Å²) in [5, 5.41) is 6.32. The largest absolute Gasteiger partial charge is 0.444 e. The van der Waals surface area contributed by atoms with Crippen LogP contribution >= 0.6 is 0 Å². The van der Waals surface area contributed by atoms with E-state index in [0.29, 0.717) is 5.76 Å². The maximum absolute atomic E-state index is 12.6. The van der Waals surface area contributed by atoms with Crippen molar-refractivity contribution >= 4 is 11.6 Å². The van der Waals surface area contributed by atoms with Crippen molar-refractivity contribution in [1.82, 2.24) is 10.3 Å². The Bertz CT molecular complexity index is 616. The van der Waals surface area contributed by atoms with E-state index in [1.807, 2.05) is 24.3 Å². The fourth-order valence-corrected chi connectivity index (χ4v) is 2.77. The SMILES string of the molecule is CCC1(C(=O)Nc2cccc(-c3cnco3)c2)CCNC1. The van der Waals surface area contributed by atoms with Crippen molar-refractivity contribution in [2.45, 2.75) is 19.8 Å². The zero-order valence-electron chi connectivity index (χ0n) is 12.1. The molecule has 0 bridgehead atoms. The summed E-state index contributed by atoms with van der Waals surface area (Å²) in [7, 11) is 0. The molecular formula is C16H19N3O2. The number of hydrogen-bond donors (Lipinski definition) is 2. The van der Waals surface area contributed by atoms with E-state index in [9.17, 15) is 4.79 Å². The molecule has 3 rings (SSSR count). The minimum absolute atomic E-state index is 0.0877. The van der Waals surface area contributed by atoms with Gasteiger partial charge in [0.25, 0.3) is 0 Å². The predicted octanol–water partition coefficient (Wildman–Crippen LogP) is 2.67. The molecule has 2 heterocycles. The fraction of sp³-hybridized carbons (Fsp3) is 0.375. The maximum atomic E-state index is 12.6. The third kappa shape index (κ3) is 2.69. The smallest absolute Gasteiger partial charge is 0.231 e. The van der Waals surface area contributed by atoms with Crippen molar-refractivity contribution in [3.8, 4) is 11.3 Å². The van der Waals surface area contributed by atoms with E-state index in [1.165, 1.54) is 6.39 Å². The Labute approximate surface area is 123 Å². The van der Waals surface area contributed by atoms with Crippen molar-refractivity contribution in [3.63, 3.8) is 0 Å². The summed E-state index contributed by atoms with van der Waals surface area (Å²) in [5.41, 5.74) is 1.40. The molecule has 21 heavy (non-hydrogen) atoms. The van der Waals surface area contributed by atoms with Crippen LogP contribution in [0, 0.1) is 5.41 Å². The lowest BCUT2D eigenvalue weighted by atomic mass is 9.83. The summed E-state index contributed by atoms with van der Waals surface area (Å²) < 4.78 is 5.29. The Hall–Kier alpha value is -2.14. The maximum Gasteiger partial charge on any atom is 0.231 e. The zero-order chi connectivity index (χ0) is 14.7. The molecule has 0 aliphatic carbocycles. The highest BCUT2D eigenvalue weighted by atomic mass is 16.3. The Kier molecular flexibility index (Phi) is 3.75. The lowest BCUT2D eigenvalue weighted by Gasteiger charge is -2.25. The summed E-state index contributed by atoms with van der Waals surface area (Å²) in [5.74, 6) is 0.781. The molecule has 0 spiro atoms. The van der Waals surface area contributed by atoms with Crippen molar-refractivity contribution in [3.05, 3.63) is 36.9 Å². The molecule has 1 aromatic carbocycles. The minimum atomic E-state index is -0.289. The highest BCUT2D eigenvalue weighted by Gasteiger charge is 2.39. The number of amides is 1. The van der Waals surface area contributed by atoms with Crippen LogP contribution in [0.2, 0.25) is 0 Å². The van der Waals surface area contributed by atoms with E-state index in [0.717, 1.165) is 37.2 Å². The average Bonchev–Trinajstić information content (AvgIpc) is 3.20. The Morgan fingerprint density at radius 1 is 1.52 bits per heavy atom. The van der Waals surface area contributed by atoms with Gasteiger partial charge in [-0.05, 0) is 31.5 Å². The fourth-order valence-electron chi connectivity index (χ4n) is 2.77. The van der Waals surface area contributed by atoms with E-state index in [4.69, 9.17) is 4.42 Å². The van der Waals surface area contributed by atoms with Crippen LogP contribution < -0.4 is 10.6 Å². The Morgan fingerprint density at radius 3 is 3.10 bits per heavy atom. The molecule has 1 saturated heterocycles. The third-order valence-electron chi connectivity index (χ3n) is 4.24. The molecule has 2 N–H and O–H groups in total. The highest BCUT2D eigenvalue weighted by Crippen LogP contribution is 2.31. The second kappa shape index (κ2) is 5.69. The monoisotopic (exact) mass is 285 g/mol. The van der Waals surface area contributed by atoms with Crippen LogP contribution in [0.15, 0.2) is 41.3 Å². The number of rotatable bonds is 4. The van der Waals surface area contributed by atoms with Gasteiger partial charge in [-0.15, -0.1) is 0 Å². The number of carbonyl (C=O) groups is 1. The number of carbonyl (C=O) groups excluding carboxylic acids is 1. The van der Waals surface area contributed by atoms with Gasteiger partial charge in [0.15, 0.2) is 12.2 Å². The van der Waals surface area contributed by atoms with Crippen LogP contribution in [0.3, 0.4) is 0 Å². The van der Waals surface area contributed by atoms with E-state index >= 15 is 0 Å². The van der Waals surface area contributed by atoms with Crippen LogP contribution in [0.25, 0.3) is 11.3 Å².